The number of rotatable bonds is 5. The molecule has 1 saturated heterocycles. The summed E-state index contributed by atoms with van der Waals surface area (Å²) in [6.07, 6.45) is 8.59. The molecule has 2 aliphatic rings. The molecule has 2 fully saturated rings. The van der Waals surface area contributed by atoms with E-state index in [1.165, 1.54) is 32.1 Å². The lowest BCUT2D eigenvalue weighted by Gasteiger charge is -2.26. The van der Waals surface area contributed by atoms with Gasteiger partial charge < -0.3 is 15.0 Å². The predicted molar refractivity (Wildman–Crippen MR) is 109 cm³/mol. The monoisotopic (exact) mass is 364 g/mol. The molecule has 0 spiro atoms. The van der Waals surface area contributed by atoms with Crippen LogP contribution in [0.1, 0.15) is 55.3 Å². The maximum Gasteiger partial charge on any atom is 0.253 e. The molecule has 4 heteroatoms. The zero-order valence-electron chi connectivity index (χ0n) is 15.8. The molecule has 1 amide bonds. The number of carbonyl (C=O) groups is 1. The van der Waals surface area contributed by atoms with Crippen LogP contribution in [0.5, 0.6) is 11.5 Å². The van der Waals surface area contributed by atoms with Crippen molar-refractivity contribution in [3.63, 3.8) is 0 Å². The van der Waals surface area contributed by atoms with E-state index in [1.54, 1.807) is 0 Å². The molecule has 0 radical (unpaired) electrons. The summed E-state index contributed by atoms with van der Waals surface area (Å²) < 4.78 is 5.98. The summed E-state index contributed by atoms with van der Waals surface area (Å²) >= 11 is 0. The van der Waals surface area contributed by atoms with Crippen LogP contribution in [-0.2, 0) is 0 Å². The first kappa shape index (κ1) is 17.9. The third kappa shape index (κ3) is 4.62. The second-order valence-electron chi connectivity index (χ2n) is 7.63. The number of nitrogens with one attached hydrogen (secondary N) is 1. The number of likely N-dealkylation sites (tertiary alicyclic amines) is 1. The maximum atomic E-state index is 12.7. The van der Waals surface area contributed by atoms with Gasteiger partial charge in [-0.1, -0.05) is 18.9 Å². The van der Waals surface area contributed by atoms with Crippen LogP contribution in [0.2, 0.25) is 0 Å². The van der Waals surface area contributed by atoms with Crippen molar-refractivity contribution in [2.24, 2.45) is 0 Å². The molecule has 27 heavy (non-hydrogen) atoms. The molecule has 1 N–H and O–H groups in total. The molecule has 142 valence electrons. The first-order chi connectivity index (χ1) is 13.3. The number of piperidine rings is 1. The summed E-state index contributed by atoms with van der Waals surface area (Å²) in [6.45, 7) is 1.72. The van der Waals surface area contributed by atoms with Crippen molar-refractivity contribution >= 4 is 11.6 Å². The van der Waals surface area contributed by atoms with Crippen LogP contribution in [0.3, 0.4) is 0 Å². The topological polar surface area (TPSA) is 41.6 Å². The number of benzene rings is 2. The third-order valence-electron chi connectivity index (χ3n) is 5.54. The van der Waals surface area contributed by atoms with Crippen molar-refractivity contribution in [1.82, 2.24) is 4.90 Å². The van der Waals surface area contributed by atoms with Gasteiger partial charge in [0.05, 0.1) is 0 Å². The fraction of sp³-hybridized carbons (Fsp3) is 0.435. The van der Waals surface area contributed by atoms with E-state index in [4.69, 9.17) is 4.74 Å². The van der Waals surface area contributed by atoms with Crippen LogP contribution in [-0.4, -0.2) is 29.9 Å². The van der Waals surface area contributed by atoms with Crippen LogP contribution >= 0.6 is 0 Å². The number of anilines is 1. The van der Waals surface area contributed by atoms with Gasteiger partial charge in [0.15, 0.2) is 0 Å². The van der Waals surface area contributed by atoms with Gasteiger partial charge in [-0.25, -0.2) is 0 Å². The Morgan fingerprint density at radius 1 is 0.889 bits per heavy atom. The normalized spacial score (nSPS) is 17.7. The SMILES string of the molecule is O=C(c1cccc(Oc2ccc(NC3CCCC3)cc2)c1)N1CCCCC1. The summed E-state index contributed by atoms with van der Waals surface area (Å²) in [4.78, 5) is 14.6. The number of hydrogen-bond acceptors (Lipinski definition) is 3. The average molecular weight is 364 g/mol. The van der Waals surface area contributed by atoms with Gasteiger partial charge in [0.2, 0.25) is 0 Å². The summed E-state index contributed by atoms with van der Waals surface area (Å²) in [5, 5.41) is 3.59. The lowest BCUT2D eigenvalue weighted by molar-refractivity contribution is 0.0724. The molecule has 1 aliphatic carbocycles. The first-order valence-electron chi connectivity index (χ1n) is 10.2. The Morgan fingerprint density at radius 3 is 2.37 bits per heavy atom. The standard InChI is InChI=1S/C23H28N2O2/c26-23(25-15-4-1-5-16-25)18-7-6-10-22(17-18)27-21-13-11-20(12-14-21)24-19-8-2-3-9-19/h6-7,10-14,17,19,24H,1-5,8-9,15-16H2. The van der Waals surface area contributed by atoms with Crippen LogP contribution in [0.15, 0.2) is 48.5 Å². The van der Waals surface area contributed by atoms with Crippen LogP contribution in [0.25, 0.3) is 0 Å². The highest BCUT2D eigenvalue weighted by molar-refractivity contribution is 5.94. The molecule has 4 rings (SSSR count). The molecule has 2 aromatic carbocycles. The van der Waals surface area contributed by atoms with Crippen molar-refractivity contribution in [3.8, 4) is 11.5 Å². The highest BCUT2D eigenvalue weighted by Gasteiger charge is 2.18. The molecular formula is C23H28N2O2. The quantitative estimate of drug-likeness (QED) is 0.766. The Labute approximate surface area is 161 Å². The Balaban J connectivity index is 1.39. The molecule has 0 unspecified atom stereocenters. The van der Waals surface area contributed by atoms with Gasteiger partial charge in [-0.3, -0.25) is 4.79 Å². The van der Waals surface area contributed by atoms with Gasteiger partial charge in [-0.05, 0) is 74.6 Å². The zero-order valence-corrected chi connectivity index (χ0v) is 15.8. The Hall–Kier alpha value is -2.49. The Bertz CT molecular complexity index is 760. The van der Waals surface area contributed by atoms with E-state index in [1.807, 2.05) is 41.3 Å². The van der Waals surface area contributed by atoms with Gasteiger partial charge in [0.25, 0.3) is 5.91 Å². The molecule has 4 nitrogen and oxygen atoms in total. The summed E-state index contributed by atoms with van der Waals surface area (Å²) in [5.74, 6) is 1.60. The summed E-state index contributed by atoms with van der Waals surface area (Å²) in [6, 6.07) is 16.2. The van der Waals surface area contributed by atoms with Crippen LogP contribution < -0.4 is 10.1 Å². The third-order valence-corrected chi connectivity index (χ3v) is 5.54. The van der Waals surface area contributed by atoms with Crippen molar-refractivity contribution in [2.45, 2.75) is 51.0 Å². The van der Waals surface area contributed by atoms with Crippen molar-refractivity contribution in [1.29, 1.82) is 0 Å². The zero-order chi connectivity index (χ0) is 18.5. The summed E-state index contributed by atoms with van der Waals surface area (Å²) in [7, 11) is 0. The minimum absolute atomic E-state index is 0.108. The molecule has 2 aromatic rings. The molecular weight excluding hydrogens is 336 g/mol. The van der Waals surface area contributed by atoms with E-state index in [2.05, 4.69) is 17.4 Å². The van der Waals surface area contributed by atoms with Crippen molar-refractivity contribution in [3.05, 3.63) is 54.1 Å². The highest BCUT2D eigenvalue weighted by atomic mass is 16.5. The largest absolute Gasteiger partial charge is 0.457 e. The van der Waals surface area contributed by atoms with E-state index in [0.29, 0.717) is 17.4 Å². The molecule has 1 saturated carbocycles. The number of ether oxygens (including phenoxy) is 1. The first-order valence-corrected chi connectivity index (χ1v) is 10.2. The smallest absolute Gasteiger partial charge is 0.253 e. The van der Waals surface area contributed by atoms with Gasteiger partial charge in [-0.15, -0.1) is 0 Å². The number of amides is 1. The Kier molecular flexibility index (Phi) is 5.61. The van der Waals surface area contributed by atoms with E-state index in [9.17, 15) is 4.79 Å². The molecule has 1 aliphatic heterocycles. The number of carbonyl (C=O) groups excluding carboxylic acids is 1. The minimum atomic E-state index is 0.108. The van der Waals surface area contributed by atoms with Gasteiger partial charge in [0, 0.05) is 30.4 Å². The van der Waals surface area contributed by atoms with Gasteiger partial charge in [-0.2, -0.15) is 0 Å². The highest BCUT2D eigenvalue weighted by Crippen LogP contribution is 2.27. The Morgan fingerprint density at radius 2 is 1.63 bits per heavy atom. The lowest BCUT2D eigenvalue weighted by Crippen LogP contribution is -2.35. The lowest BCUT2D eigenvalue weighted by atomic mass is 10.1. The fourth-order valence-corrected chi connectivity index (χ4v) is 4.03. The molecule has 0 aromatic heterocycles. The minimum Gasteiger partial charge on any atom is -0.457 e. The van der Waals surface area contributed by atoms with Crippen LogP contribution in [0, 0.1) is 0 Å². The molecule has 0 bridgehead atoms. The number of nitrogens with zero attached hydrogens (tertiary/aromatic N) is 1. The van der Waals surface area contributed by atoms with E-state index in [-0.39, 0.29) is 5.91 Å². The second-order valence-corrected chi connectivity index (χ2v) is 7.63. The maximum absolute atomic E-state index is 12.7. The molecule has 0 atom stereocenters. The average Bonchev–Trinajstić information content (AvgIpc) is 3.23. The van der Waals surface area contributed by atoms with Crippen LogP contribution in [0.4, 0.5) is 5.69 Å². The van der Waals surface area contributed by atoms with Gasteiger partial charge in [0.1, 0.15) is 11.5 Å². The fourth-order valence-electron chi connectivity index (χ4n) is 4.03. The molecule has 1 heterocycles. The van der Waals surface area contributed by atoms with E-state index < -0.39 is 0 Å². The van der Waals surface area contributed by atoms with E-state index in [0.717, 1.165) is 37.4 Å². The van der Waals surface area contributed by atoms with Crippen molar-refractivity contribution < 1.29 is 9.53 Å². The summed E-state index contributed by atoms with van der Waals surface area (Å²) in [5.41, 5.74) is 1.84. The van der Waals surface area contributed by atoms with Gasteiger partial charge >= 0.3 is 0 Å². The van der Waals surface area contributed by atoms with E-state index >= 15 is 0 Å². The van der Waals surface area contributed by atoms with Crippen molar-refractivity contribution in [2.75, 3.05) is 18.4 Å². The second kappa shape index (κ2) is 8.47. The number of hydrogen-bond donors (Lipinski definition) is 1. The predicted octanol–water partition coefficient (Wildman–Crippen LogP) is 5.46.